The Morgan fingerprint density at radius 2 is 1.56 bits per heavy atom. The van der Waals surface area contributed by atoms with Crippen molar-refractivity contribution in [1.29, 1.82) is 0 Å². The summed E-state index contributed by atoms with van der Waals surface area (Å²) in [6.07, 6.45) is 0. The van der Waals surface area contributed by atoms with Crippen LogP contribution in [0.15, 0.2) is 66.7 Å². The molecule has 1 N–H and O–H groups in total. The molecule has 1 heterocycles. The highest BCUT2D eigenvalue weighted by atomic mass is 15.2. The molecular weight excluding hydrogens is 308 g/mol. The minimum atomic E-state index is 0.321. The van der Waals surface area contributed by atoms with Gasteiger partial charge in [0, 0.05) is 24.3 Å². The van der Waals surface area contributed by atoms with Gasteiger partial charge in [-0.1, -0.05) is 48.5 Å². The van der Waals surface area contributed by atoms with Crippen molar-refractivity contribution in [2.24, 2.45) is 0 Å². The lowest BCUT2D eigenvalue weighted by Crippen LogP contribution is -2.19. The van der Waals surface area contributed by atoms with Crippen molar-refractivity contribution < 1.29 is 0 Å². The maximum Gasteiger partial charge on any atom is 0.139 e. The van der Waals surface area contributed by atoms with Crippen LogP contribution in [-0.2, 0) is 6.54 Å². The Balaban J connectivity index is 2.01. The van der Waals surface area contributed by atoms with Crippen molar-refractivity contribution in [1.82, 2.24) is 9.97 Å². The van der Waals surface area contributed by atoms with Crippen LogP contribution >= 0.6 is 0 Å². The lowest BCUT2D eigenvalue weighted by molar-refractivity contribution is 0.871. The average Bonchev–Trinajstić information content (AvgIpc) is 2.60. The molecule has 128 valence electrons. The molecular formula is C21H24N4. The zero-order valence-corrected chi connectivity index (χ0v) is 15.0. The van der Waals surface area contributed by atoms with Gasteiger partial charge in [-0.05, 0) is 38.5 Å². The largest absolute Gasteiger partial charge is 0.368 e. The van der Waals surface area contributed by atoms with E-state index < -0.39 is 0 Å². The van der Waals surface area contributed by atoms with E-state index >= 15 is 0 Å². The van der Waals surface area contributed by atoms with Crippen LogP contribution in [-0.4, -0.2) is 16.0 Å². The molecule has 4 heteroatoms. The summed E-state index contributed by atoms with van der Waals surface area (Å²) < 4.78 is 0. The van der Waals surface area contributed by atoms with Gasteiger partial charge in [-0.2, -0.15) is 0 Å². The van der Waals surface area contributed by atoms with E-state index in [0.29, 0.717) is 6.04 Å². The van der Waals surface area contributed by atoms with Crippen molar-refractivity contribution in [2.45, 2.75) is 33.4 Å². The Bertz CT molecular complexity index is 801. The minimum absolute atomic E-state index is 0.321. The van der Waals surface area contributed by atoms with Crippen LogP contribution in [0.5, 0.6) is 0 Å². The summed E-state index contributed by atoms with van der Waals surface area (Å²) in [4.78, 5) is 11.4. The number of hydrogen-bond donors (Lipinski definition) is 1. The number of nitrogens with zero attached hydrogens (tertiary/aromatic N) is 3. The number of nitrogens with one attached hydrogen (secondary N) is 1. The molecule has 0 unspecified atom stereocenters. The van der Waals surface area contributed by atoms with Gasteiger partial charge in [0.2, 0.25) is 0 Å². The van der Waals surface area contributed by atoms with Crippen LogP contribution in [0.3, 0.4) is 0 Å². The van der Waals surface area contributed by atoms with Crippen LogP contribution in [0.4, 0.5) is 17.3 Å². The Morgan fingerprint density at radius 3 is 2.20 bits per heavy atom. The quantitative estimate of drug-likeness (QED) is 0.694. The van der Waals surface area contributed by atoms with Gasteiger partial charge in [-0.25, -0.2) is 9.97 Å². The molecule has 0 aliphatic rings. The fourth-order valence-corrected chi connectivity index (χ4v) is 2.74. The van der Waals surface area contributed by atoms with Crippen molar-refractivity contribution >= 4 is 17.3 Å². The first kappa shape index (κ1) is 17.0. The Kier molecular flexibility index (Phi) is 5.29. The summed E-state index contributed by atoms with van der Waals surface area (Å²) in [6.45, 7) is 6.90. The van der Waals surface area contributed by atoms with Gasteiger partial charge in [0.25, 0.3) is 0 Å². The topological polar surface area (TPSA) is 41.1 Å². The van der Waals surface area contributed by atoms with Gasteiger partial charge >= 0.3 is 0 Å². The van der Waals surface area contributed by atoms with E-state index in [9.17, 15) is 0 Å². The SMILES string of the molecule is Cc1nc(NC(C)C)cc(N(Cc2ccccc2)c2ccccc2)n1. The standard InChI is InChI=1S/C21H24N4/c1-16(2)22-20-14-21(24-17(3)23-20)25(19-12-8-5-9-13-19)15-18-10-6-4-7-11-18/h4-14,16H,15H2,1-3H3,(H,22,23,24). The first-order valence-electron chi connectivity index (χ1n) is 8.60. The highest BCUT2D eigenvalue weighted by Crippen LogP contribution is 2.27. The van der Waals surface area contributed by atoms with E-state index in [1.807, 2.05) is 25.1 Å². The molecule has 0 aliphatic heterocycles. The summed E-state index contributed by atoms with van der Waals surface area (Å²) in [5, 5.41) is 3.38. The molecule has 3 aromatic rings. The van der Waals surface area contributed by atoms with Crippen molar-refractivity contribution in [2.75, 3.05) is 10.2 Å². The van der Waals surface area contributed by atoms with E-state index in [1.54, 1.807) is 0 Å². The number of aryl methyl sites for hydroxylation is 1. The Labute approximate surface area is 149 Å². The zero-order chi connectivity index (χ0) is 17.6. The summed E-state index contributed by atoms with van der Waals surface area (Å²) in [7, 11) is 0. The first-order chi connectivity index (χ1) is 12.1. The second-order valence-electron chi connectivity index (χ2n) is 6.36. The zero-order valence-electron chi connectivity index (χ0n) is 15.0. The van der Waals surface area contributed by atoms with Crippen LogP contribution in [0.2, 0.25) is 0 Å². The van der Waals surface area contributed by atoms with Crippen LogP contribution < -0.4 is 10.2 Å². The molecule has 25 heavy (non-hydrogen) atoms. The van der Waals surface area contributed by atoms with Crippen molar-refractivity contribution in [3.05, 3.63) is 78.1 Å². The fraction of sp³-hybridized carbons (Fsp3) is 0.238. The third-order valence-electron chi connectivity index (χ3n) is 3.79. The summed E-state index contributed by atoms with van der Waals surface area (Å²) in [5.41, 5.74) is 2.35. The number of hydrogen-bond acceptors (Lipinski definition) is 4. The third-order valence-corrected chi connectivity index (χ3v) is 3.79. The van der Waals surface area contributed by atoms with E-state index in [2.05, 4.69) is 82.6 Å². The molecule has 2 aromatic carbocycles. The maximum absolute atomic E-state index is 4.69. The van der Waals surface area contributed by atoms with Gasteiger partial charge in [0.05, 0.1) is 0 Å². The summed E-state index contributed by atoms with van der Waals surface area (Å²) in [6, 6.07) is 23.1. The molecule has 0 fully saturated rings. The van der Waals surface area contributed by atoms with E-state index in [0.717, 1.165) is 29.7 Å². The van der Waals surface area contributed by atoms with Gasteiger partial charge in [0.15, 0.2) is 0 Å². The first-order valence-corrected chi connectivity index (χ1v) is 8.60. The van der Waals surface area contributed by atoms with Crippen molar-refractivity contribution in [3.8, 4) is 0 Å². The number of benzene rings is 2. The molecule has 0 aliphatic carbocycles. The Morgan fingerprint density at radius 1 is 0.920 bits per heavy atom. The predicted molar refractivity (Wildman–Crippen MR) is 104 cm³/mol. The summed E-state index contributed by atoms with van der Waals surface area (Å²) >= 11 is 0. The molecule has 0 spiro atoms. The molecule has 0 amide bonds. The maximum atomic E-state index is 4.69. The second kappa shape index (κ2) is 7.79. The third kappa shape index (κ3) is 4.57. The molecule has 3 rings (SSSR count). The number of anilines is 3. The molecule has 0 atom stereocenters. The molecule has 0 bridgehead atoms. The average molecular weight is 332 g/mol. The normalized spacial score (nSPS) is 10.7. The highest BCUT2D eigenvalue weighted by molar-refractivity contribution is 5.62. The molecule has 0 radical (unpaired) electrons. The lowest BCUT2D eigenvalue weighted by Gasteiger charge is -2.25. The molecule has 0 saturated heterocycles. The van der Waals surface area contributed by atoms with Gasteiger partial charge in [-0.15, -0.1) is 0 Å². The van der Waals surface area contributed by atoms with Crippen LogP contribution in [0, 0.1) is 6.92 Å². The fourth-order valence-electron chi connectivity index (χ4n) is 2.74. The van der Waals surface area contributed by atoms with Gasteiger partial charge in [0.1, 0.15) is 17.5 Å². The van der Waals surface area contributed by atoms with E-state index in [-0.39, 0.29) is 0 Å². The predicted octanol–water partition coefficient (Wildman–Crippen LogP) is 4.94. The molecule has 4 nitrogen and oxygen atoms in total. The van der Waals surface area contributed by atoms with E-state index in [4.69, 9.17) is 0 Å². The highest BCUT2D eigenvalue weighted by Gasteiger charge is 2.14. The smallest absolute Gasteiger partial charge is 0.139 e. The molecule has 0 saturated carbocycles. The number of rotatable bonds is 6. The van der Waals surface area contributed by atoms with E-state index in [1.165, 1.54) is 5.56 Å². The number of para-hydroxylation sites is 1. The van der Waals surface area contributed by atoms with Crippen LogP contribution in [0.25, 0.3) is 0 Å². The number of aromatic nitrogens is 2. The molecule has 1 aromatic heterocycles. The Hall–Kier alpha value is -2.88. The van der Waals surface area contributed by atoms with Gasteiger partial charge < -0.3 is 10.2 Å². The lowest BCUT2D eigenvalue weighted by atomic mass is 10.2. The van der Waals surface area contributed by atoms with Gasteiger partial charge in [-0.3, -0.25) is 0 Å². The second-order valence-corrected chi connectivity index (χ2v) is 6.36. The minimum Gasteiger partial charge on any atom is -0.368 e. The van der Waals surface area contributed by atoms with Crippen molar-refractivity contribution in [3.63, 3.8) is 0 Å². The van der Waals surface area contributed by atoms with Crippen LogP contribution in [0.1, 0.15) is 25.2 Å². The summed E-state index contributed by atoms with van der Waals surface area (Å²) in [5.74, 6) is 2.51. The monoisotopic (exact) mass is 332 g/mol.